The molecule has 0 saturated carbocycles. The van der Waals surface area contributed by atoms with Crippen molar-refractivity contribution in [2.75, 3.05) is 4.90 Å². The predicted molar refractivity (Wildman–Crippen MR) is 91.5 cm³/mol. The smallest absolute Gasteiger partial charge is 0.144 e. The van der Waals surface area contributed by atoms with Crippen molar-refractivity contribution in [1.82, 2.24) is 15.0 Å². The quantitative estimate of drug-likeness (QED) is 0.710. The third-order valence-corrected chi connectivity index (χ3v) is 3.73. The summed E-state index contributed by atoms with van der Waals surface area (Å²) in [5.74, 6) is 1.28. The van der Waals surface area contributed by atoms with Crippen LogP contribution >= 0.6 is 0 Å². The van der Waals surface area contributed by atoms with E-state index in [2.05, 4.69) is 64.0 Å². The number of aromatic nitrogens is 3. The van der Waals surface area contributed by atoms with Crippen LogP contribution in [0.4, 0.5) is 11.5 Å². The molecule has 3 aromatic rings. The van der Waals surface area contributed by atoms with Crippen molar-refractivity contribution in [3.63, 3.8) is 0 Å². The Morgan fingerprint density at radius 2 is 1.74 bits per heavy atom. The van der Waals surface area contributed by atoms with Gasteiger partial charge in [0.25, 0.3) is 0 Å². The van der Waals surface area contributed by atoms with Crippen molar-refractivity contribution in [3.05, 3.63) is 78.5 Å². The molecule has 0 fully saturated rings. The molecule has 4 nitrogen and oxygen atoms in total. The Morgan fingerprint density at radius 3 is 2.35 bits per heavy atom. The van der Waals surface area contributed by atoms with E-state index in [9.17, 15) is 0 Å². The summed E-state index contributed by atoms with van der Waals surface area (Å²) in [4.78, 5) is 14.5. The predicted octanol–water partition coefficient (Wildman–Crippen LogP) is 4.13. The summed E-state index contributed by atoms with van der Waals surface area (Å²) < 4.78 is 0. The van der Waals surface area contributed by atoms with Gasteiger partial charge in [-0.25, -0.2) is 9.97 Å². The molecule has 0 aliphatic heterocycles. The summed E-state index contributed by atoms with van der Waals surface area (Å²) in [7, 11) is 0. The van der Waals surface area contributed by atoms with Gasteiger partial charge in [-0.2, -0.15) is 0 Å². The Kier molecular flexibility index (Phi) is 4.62. The molecule has 4 heteroatoms. The number of anilines is 2. The van der Waals surface area contributed by atoms with E-state index in [-0.39, 0.29) is 0 Å². The summed E-state index contributed by atoms with van der Waals surface area (Å²) in [6.45, 7) is 5.10. The van der Waals surface area contributed by atoms with Crippen LogP contribution in [-0.4, -0.2) is 15.0 Å². The van der Waals surface area contributed by atoms with Gasteiger partial charge in [-0.1, -0.05) is 26.0 Å². The van der Waals surface area contributed by atoms with Gasteiger partial charge in [0, 0.05) is 36.9 Å². The number of pyridine rings is 1. The first-order valence-electron chi connectivity index (χ1n) is 7.68. The van der Waals surface area contributed by atoms with Gasteiger partial charge >= 0.3 is 0 Å². The van der Waals surface area contributed by atoms with Crippen molar-refractivity contribution in [3.8, 4) is 0 Å². The molecule has 0 spiro atoms. The van der Waals surface area contributed by atoms with Crippen molar-refractivity contribution >= 4 is 11.5 Å². The van der Waals surface area contributed by atoms with Gasteiger partial charge in [-0.15, -0.1) is 0 Å². The van der Waals surface area contributed by atoms with Crippen LogP contribution in [0.15, 0.2) is 61.3 Å². The molecule has 0 saturated heterocycles. The maximum atomic E-state index is 4.35. The van der Waals surface area contributed by atoms with E-state index in [1.807, 2.05) is 12.1 Å². The lowest BCUT2D eigenvalue weighted by Crippen LogP contribution is -2.18. The Bertz CT molecular complexity index is 724. The van der Waals surface area contributed by atoms with Gasteiger partial charge in [0.1, 0.15) is 12.1 Å². The Balaban J connectivity index is 1.94. The number of benzene rings is 1. The SMILES string of the molecule is CC(C)c1ccc(N(Cc2ccncc2)c2[c]cncn2)cc1. The molecule has 3 rings (SSSR count). The molecule has 0 amide bonds. The van der Waals surface area contributed by atoms with Gasteiger partial charge < -0.3 is 4.90 Å². The highest BCUT2D eigenvalue weighted by Crippen LogP contribution is 2.27. The maximum Gasteiger partial charge on any atom is 0.144 e. The third-order valence-electron chi connectivity index (χ3n) is 3.73. The molecule has 23 heavy (non-hydrogen) atoms. The van der Waals surface area contributed by atoms with Crippen molar-refractivity contribution in [2.24, 2.45) is 0 Å². The van der Waals surface area contributed by atoms with Gasteiger partial charge in [-0.05, 0) is 41.3 Å². The molecule has 1 radical (unpaired) electrons. The lowest BCUT2D eigenvalue weighted by Gasteiger charge is -2.24. The Labute approximate surface area is 136 Å². The van der Waals surface area contributed by atoms with E-state index in [0.29, 0.717) is 12.5 Å². The van der Waals surface area contributed by atoms with Crippen LogP contribution in [0.3, 0.4) is 0 Å². The zero-order valence-corrected chi connectivity index (χ0v) is 13.3. The molecule has 2 heterocycles. The Hall–Kier alpha value is -2.75. The first-order chi connectivity index (χ1) is 11.2. The number of hydrogen-bond acceptors (Lipinski definition) is 4. The van der Waals surface area contributed by atoms with E-state index in [4.69, 9.17) is 0 Å². The average molecular weight is 303 g/mol. The summed E-state index contributed by atoms with van der Waals surface area (Å²) in [6.07, 6.45) is 6.80. The zero-order chi connectivity index (χ0) is 16.1. The molecule has 0 bridgehead atoms. The van der Waals surface area contributed by atoms with Crippen LogP contribution in [0, 0.1) is 6.07 Å². The first kappa shape index (κ1) is 15.2. The normalized spacial score (nSPS) is 10.7. The topological polar surface area (TPSA) is 41.9 Å². The largest absolute Gasteiger partial charge is 0.321 e. The summed E-state index contributed by atoms with van der Waals surface area (Å²) in [5, 5.41) is 0. The summed E-state index contributed by atoms with van der Waals surface area (Å²) >= 11 is 0. The highest BCUT2D eigenvalue weighted by Gasteiger charge is 2.12. The third kappa shape index (κ3) is 3.72. The zero-order valence-electron chi connectivity index (χ0n) is 13.3. The number of hydrogen-bond donors (Lipinski definition) is 0. The van der Waals surface area contributed by atoms with Gasteiger partial charge in [0.2, 0.25) is 0 Å². The van der Waals surface area contributed by atoms with E-state index < -0.39 is 0 Å². The summed E-state index contributed by atoms with van der Waals surface area (Å²) in [6, 6.07) is 15.7. The highest BCUT2D eigenvalue weighted by atomic mass is 15.2. The molecule has 0 aliphatic rings. The molecule has 0 unspecified atom stereocenters. The van der Waals surface area contributed by atoms with Crippen LogP contribution in [0.1, 0.15) is 30.9 Å². The molecule has 115 valence electrons. The van der Waals surface area contributed by atoms with E-state index >= 15 is 0 Å². The van der Waals surface area contributed by atoms with Crippen molar-refractivity contribution < 1.29 is 0 Å². The monoisotopic (exact) mass is 303 g/mol. The van der Waals surface area contributed by atoms with Gasteiger partial charge in [-0.3, -0.25) is 4.98 Å². The fourth-order valence-corrected chi connectivity index (χ4v) is 2.40. The lowest BCUT2D eigenvalue weighted by atomic mass is 10.0. The molecule has 0 atom stereocenters. The van der Waals surface area contributed by atoms with Crippen molar-refractivity contribution in [1.29, 1.82) is 0 Å². The van der Waals surface area contributed by atoms with Crippen LogP contribution in [0.25, 0.3) is 0 Å². The number of nitrogens with zero attached hydrogens (tertiary/aromatic N) is 4. The lowest BCUT2D eigenvalue weighted by molar-refractivity contribution is 0.864. The molecule has 0 N–H and O–H groups in total. The molecular formula is C19H19N4. The maximum absolute atomic E-state index is 4.35. The standard InChI is InChI=1S/C19H19N4/c1-15(2)17-3-5-18(6-4-17)23(19-9-12-21-14-22-19)13-16-7-10-20-11-8-16/h3-8,10-12,14-15H,13H2,1-2H3. The second-order valence-electron chi connectivity index (χ2n) is 5.68. The number of rotatable bonds is 5. The van der Waals surface area contributed by atoms with Crippen LogP contribution in [0.5, 0.6) is 0 Å². The first-order valence-corrected chi connectivity index (χ1v) is 7.68. The van der Waals surface area contributed by atoms with Crippen LogP contribution < -0.4 is 4.90 Å². The van der Waals surface area contributed by atoms with Crippen LogP contribution in [0.2, 0.25) is 0 Å². The van der Waals surface area contributed by atoms with E-state index in [0.717, 1.165) is 11.5 Å². The molecule has 0 aliphatic carbocycles. The second kappa shape index (κ2) is 7.01. The Morgan fingerprint density at radius 1 is 1.00 bits per heavy atom. The minimum Gasteiger partial charge on any atom is -0.321 e. The fourth-order valence-electron chi connectivity index (χ4n) is 2.40. The molecule has 1 aromatic carbocycles. The molecule has 2 aromatic heterocycles. The summed E-state index contributed by atoms with van der Waals surface area (Å²) in [5.41, 5.74) is 3.57. The highest BCUT2D eigenvalue weighted by molar-refractivity contribution is 5.59. The van der Waals surface area contributed by atoms with Gasteiger partial charge in [0.05, 0.1) is 0 Å². The molecular weight excluding hydrogens is 284 g/mol. The minimum atomic E-state index is 0.517. The van der Waals surface area contributed by atoms with Crippen LogP contribution in [-0.2, 0) is 6.54 Å². The van der Waals surface area contributed by atoms with E-state index in [1.165, 1.54) is 11.1 Å². The average Bonchev–Trinajstić information content (AvgIpc) is 2.61. The second-order valence-corrected chi connectivity index (χ2v) is 5.68. The fraction of sp³-hybridized carbons (Fsp3) is 0.211. The van der Waals surface area contributed by atoms with E-state index in [1.54, 1.807) is 24.9 Å². The van der Waals surface area contributed by atoms with Gasteiger partial charge in [0.15, 0.2) is 0 Å². The van der Waals surface area contributed by atoms with Crippen molar-refractivity contribution in [2.45, 2.75) is 26.3 Å². The minimum absolute atomic E-state index is 0.517.